The van der Waals surface area contributed by atoms with Gasteiger partial charge in [0.05, 0.1) is 16.8 Å². The number of carbonyl (C=O) groups excluding carboxylic acids is 1. The quantitative estimate of drug-likeness (QED) is 0.453. The average Bonchev–Trinajstić information content (AvgIpc) is 3.18. The van der Waals surface area contributed by atoms with Gasteiger partial charge in [-0.1, -0.05) is 36.4 Å². The normalized spacial score (nSPS) is 12.1. The topological polar surface area (TPSA) is 84.1 Å². The van der Waals surface area contributed by atoms with Crippen molar-refractivity contribution in [2.24, 2.45) is 0 Å². The van der Waals surface area contributed by atoms with Crippen molar-refractivity contribution in [1.29, 1.82) is 5.26 Å². The molecular formula is C27H20FN3O3S. The Kier molecular flexibility index (Phi) is 7.19. The number of benzene rings is 3. The molecule has 0 saturated carbocycles. The second-order valence-corrected chi connectivity index (χ2v) is 8.34. The number of halogens is 1. The number of amides is 1. The van der Waals surface area contributed by atoms with Crippen molar-refractivity contribution in [3.63, 3.8) is 0 Å². The molecule has 3 aromatic carbocycles. The molecule has 174 valence electrons. The van der Waals surface area contributed by atoms with Crippen molar-refractivity contribution in [3.8, 4) is 17.5 Å². The molecule has 1 aromatic heterocycles. The van der Waals surface area contributed by atoms with Gasteiger partial charge in [0.25, 0.3) is 11.5 Å². The second-order valence-electron chi connectivity index (χ2n) is 7.31. The maximum Gasteiger partial charge on any atom is 0.273 e. The van der Waals surface area contributed by atoms with Crippen LogP contribution in [0, 0.1) is 17.1 Å². The molecule has 1 N–H and O–H groups in total. The highest BCUT2D eigenvalue weighted by molar-refractivity contribution is 7.07. The maximum absolute atomic E-state index is 13.5. The SMILES string of the molecule is CCOc1ccccc1/C=c1/s/c(=C(\C#N)C(=O)Nc2ccc(F)cc2)n(-c2ccccc2)c1=O. The van der Waals surface area contributed by atoms with Gasteiger partial charge in [-0.25, -0.2) is 4.39 Å². The molecule has 0 spiro atoms. The number of anilines is 1. The fourth-order valence-corrected chi connectivity index (χ4v) is 4.50. The van der Waals surface area contributed by atoms with E-state index in [0.717, 1.165) is 11.3 Å². The fourth-order valence-electron chi connectivity index (χ4n) is 3.41. The summed E-state index contributed by atoms with van der Waals surface area (Å²) in [5, 5.41) is 12.5. The van der Waals surface area contributed by atoms with E-state index in [0.29, 0.717) is 33.8 Å². The summed E-state index contributed by atoms with van der Waals surface area (Å²) < 4.78 is 20.8. The second kappa shape index (κ2) is 10.6. The summed E-state index contributed by atoms with van der Waals surface area (Å²) in [6, 6.07) is 23.2. The number of thiazole rings is 1. The van der Waals surface area contributed by atoms with Gasteiger partial charge in [-0.2, -0.15) is 5.26 Å². The number of nitrogens with one attached hydrogen (secondary N) is 1. The lowest BCUT2D eigenvalue weighted by Gasteiger charge is -2.05. The molecule has 1 amide bonds. The highest BCUT2D eigenvalue weighted by atomic mass is 32.1. The van der Waals surface area contributed by atoms with Gasteiger partial charge in [0, 0.05) is 11.3 Å². The lowest BCUT2D eigenvalue weighted by molar-refractivity contribution is -0.111. The summed E-state index contributed by atoms with van der Waals surface area (Å²) >= 11 is 1.04. The van der Waals surface area contributed by atoms with Crippen LogP contribution in [0.3, 0.4) is 0 Å². The van der Waals surface area contributed by atoms with Gasteiger partial charge in [0.15, 0.2) is 5.57 Å². The average molecular weight is 486 g/mol. The smallest absolute Gasteiger partial charge is 0.273 e. The summed E-state index contributed by atoms with van der Waals surface area (Å²) in [6.45, 7) is 2.33. The van der Waals surface area contributed by atoms with Crippen LogP contribution in [0.2, 0.25) is 0 Å². The molecule has 0 aliphatic carbocycles. The Morgan fingerprint density at radius 1 is 1.09 bits per heavy atom. The molecular weight excluding hydrogens is 465 g/mol. The first-order chi connectivity index (χ1) is 17.0. The molecule has 0 bridgehead atoms. The standard InChI is InChI=1S/C27H20FN3O3S/c1-2-34-23-11-7-6-8-18(23)16-24-26(33)31(21-9-4-3-5-10-21)27(35-24)22(17-29)25(32)30-20-14-12-19(28)13-15-20/h3-16H,2H2,1H3,(H,30,32)/b24-16+,27-22+. The van der Waals surface area contributed by atoms with Crippen LogP contribution in [-0.4, -0.2) is 17.1 Å². The minimum atomic E-state index is -0.702. The summed E-state index contributed by atoms with van der Waals surface area (Å²) in [4.78, 5) is 26.5. The van der Waals surface area contributed by atoms with Gasteiger partial charge >= 0.3 is 0 Å². The van der Waals surface area contributed by atoms with Gasteiger partial charge < -0.3 is 10.1 Å². The molecule has 8 heteroatoms. The van der Waals surface area contributed by atoms with Crippen LogP contribution in [0.4, 0.5) is 10.1 Å². The Bertz CT molecular complexity index is 1580. The van der Waals surface area contributed by atoms with Crippen molar-refractivity contribution in [1.82, 2.24) is 4.57 Å². The Morgan fingerprint density at radius 3 is 2.46 bits per heavy atom. The van der Waals surface area contributed by atoms with E-state index in [1.54, 1.807) is 30.3 Å². The van der Waals surface area contributed by atoms with E-state index in [1.165, 1.54) is 28.8 Å². The van der Waals surface area contributed by atoms with E-state index in [-0.39, 0.29) is 15.8 Å². The van der Waals surface area contributed by atoms with E-state index in [2.05, 4.69) is 5.32 Å². The molecule has 0 fully saturated rings. The number of hydrogen-bond acceptors (Lipinski definition) is 5. The number of hydrogen-bond donors (Lipinski definition) is 1. The molecule has 6 nitrogen and oxygen atoms in total. The number of nitrogens with zero attached hydrogens (tertiary/aromatic N) is 2. The molecule has 35 heavy (non-hydrogen) atoms. The number of carbonyl (C=O) groups is 1. The van der Waals surface area contributed by atoms with Gasteiger partial charge in [-0.3, -0.25) is 14.2 Å². The summed E-state index contributed by atoms with van der Waals surface area (Å²) in [7, 11) is 0. The molecule has 0 aliphatic heterocycles. The minimum absolute atomic E-state index is 0.184. The van der Waals surface area contributed by atoms with E-state index in [9.17, 15) is 19.2 Å². The first kappa shape index (κ1) is 23.7. The van der Waals surface area contributed by atoms with Gasteiger partial charge in [0.2, 0.25) is 0 Å². The highest BCUT2D eigenvalue weighted by Gasteiger charge is 2.17. The number of rotatable bonds is 6. The number of aromatic nitrogens is 1. The zero-order chi connectivity index (χ0) is 24.8. The number of ether oxygens (including phenoxy) is 1. The fraction of sp³-hybridized carbons (Fsp3) is 0.0741. The lowest BCUT2D eigenvalue weighted by atomic mass is 10.2. The minimum Gasteiger partial charge on any atom is -0.493 e. The van der Waals surface area contributed by atoms with Crippen LogP contribution in [0.15, 0.2) is 83.7 Å². The summed E-state index contributed by atoms with van der Waals surface area (Å²) in [5.74, 6) is -0.531. The monoisotopic (exact) mass is 485 g/mol. The predicted octanol–water partition coefficient (Wildman–Crippen LogP) is 3.58. The Hall–Kier alpha value is -4.48. The van der Waals surface area contributed by atoms with Crippen molar-refractivity contribution in [3.05, 3.63) is 110 Å². The summed E-state index contributed by atoms with van der Waals surface area (Å²) in [6.07, 6.45) is 1.69. The maximum atomic E-state index is 13.5. The van der Waals surface area contributed by atoms with Crippen LogP contribution in [0.1, 0.15) is 12.5 Å². The lowest BCUT2D eigenvalue weighted by Crippen LogP contribution is -2.32. The zero-order valence-electron chi connectivity index (χ0n) is 18.7. The van der Waals surface area contributed by atoms with Crippen LogP contribution in [0.5, 0.6) is 5.75 Å². The molecule has 0 atom stereocenters. The third kappa shape index (κ3) is 5.21. The Labute approximate surface area is 204 Å². The van der Waals surface area contributed by atoms with Crippen molar-refractivity contribution >= 4 is 34.6 Å². The molecule has 0 unspecified atom stereocenters. The predicted molar refractivity (Wildman–Crippen MR) is 134 cm³/mol. The first-order valence-electron chi connectivity index (χ1n) is 10.7. The van der Waals surface area contributed by atoms with E-state index in [4.69, 9.17) is 4.74 Å². The van der Waals surface area contributed by atoms with E-state index in [1.807, 2.05) is 43.3 Å². The zero-order valence-corrected chi connectivity index (χ0v) is 19.5. The van der Waals surface area contributed by atoms with Gasteiger partial charge in [0.1, 0.15) is 22.3 Å². The van der Waals surface area contributed by atoms with E-state index >= 15 is 0 Å². The first-order valence-corrected chi connectivity index (χ1v) is 11.6. The molecule has 0 radical (unpaired) electrons. The number of para-hydroxylation sites is 2. The van der Waals surface area contributed by atoms with Gasteiger partial charge in [-0.05, 0) is 55.5 Å². The third-order valence-electron chi connectivity index (χ3n) is 5.00. The van der Waals surface area contributed by atoms with Crippen molar-refractivity contribution in [2.45, 2.75) is 6.92 Å². The van der Waals surface area contributed by atoms with Gasteiger partial charge in [-0.15, -0.1) is 11.3 Å². The highest BCUT2D eigenvalue weighted by Crippen LogP contribution is 2.18. The molecule has 0 saturated heterocycles. The van der Waals surface area contributed by atoms with Crippen LogP contribution in [-0.2, 0) is 4.79 Å². The largest absolute Gasteiger partial charge is 0.493 e. The number of nitriles is 1. The Balaban J connectivity index is 1.94. The molecule has 1 heterocycles. The molecule has 4 aromatic rings. The van der Waals surface area contributed by atoms with Crippen molar-refractivity contribution < 1.29 is 13.9 Å². The third-order valence-corrected chi connectivity index (χ3v) is 6.09. The van der Waals surface area contributed by atoms with Crippen LogP contribution < -0.4 is 24.8 Å². The van der Waals surface area contributed by atoms with Crippen molar-refractivity contribution in [2.75, 3.05) is 11.9 Å². The molecule has 4 rings (SSSR count). The molecule has 0 aliphatic rings. The van der Waals surface area contributed by atoms with Crippen LogP contribution in [0.25, 0.3) is 17.3 Å². The Morgan fingerprint density at radius 2 is 1.77 bits per heavy atom. The summed E-state index contributed by atoms with van der Waals surface area (Å²) in [5.41, 5.74) is 0.937. The van der Waals surface area contributed by atoms with E-state index < -0.39 is 11.7 Å². The van der Waals surface area contributed by atoms with Crippen LogP contribution >= 0.6 is 11.3 Å².